The van der Waals surface area contributed by atoms with Crippen LogP contribution >= 0.6 is 0 Å². The Morgan fingerprint density at radius 3 is 2.74 bits per heavy atom. The minimum absolute atomic E-state index is 0.242. The number of aryl methyl sites for hydroxylation is 2. The quantitative estimate of drug-likeness (QED) is 0.897. The zero-order valence-corrected chi connectivity index (χ0v) is 11.6. The molecule has 4 nitrogen and oxygen atoms in total. The fraction of sp³-hybridized carbons (Fsp3) is 0.400. The van der Waals surface area contributed by atoms with Crippen LogP contribution in [0.5, 0.6) is 5.75 Å². The Morgan fingerprint density at radius 1 is 1.37 bits per heavy atom. The van der Waals surface area contributed by atoms with Crippen molar-refractivity contribution in [2.45, 2.75) is 26.2 Å². The van der Waals surface area contributed by atoms with Gasteiger partial charge < -0.3 is 15.0 Å². The third kappa shape index (κ3) is 2.96. The summed E-state index contributed by atoms with van der Waals surface area (Å²) in [7, 11) is 1.67. The summed E-state index contributed by atoms with van der Waals surface area (Å²) in [6, 6.07) is 8.05. The molecule has 0 bridgehead atoms. The van der Waals surface area contributed by atoms with Crippen LogP contribution in [-0.4, -0.2) is 18.8 Å². The van der Waals surface area contributed by atoms with Crippen LogP contribution in [0.25, 0.3) is 0 Å². The third-order valence-electron chi connectivity index (χ3n) is 3.48. The van der Waals surface area contributed by atoms with E-state index in [1.54, 1.807) is 7.11 Å². The van der Waals surface area contributed by atoms with Crippen molar-refractivity contribution in [1.82, 2.24) is 5.16 Å². The summed E-state index contributed by atoms with van der Waals surface area (Å²) < 4.78 is 10.5. The standard InChI is InChI=1S/C15H20N2O2/c1-10-15(11(2)19-17-10)8-13(9-16)12-5-4-6-14(7-12)18-3/h4-7,13H,8-9,16H2,1-3H3. The minimum atomic E-state index is 0.242. The van der Waals surface area contributed by atoms with Gasteiger partial charge in [-0.3, -0.25) is 0 Å². The number of nitrogens with zero attached hydrogens (tertiary/aromatic N) is 1. The highest BCUT2D eigenvalue weighted by Crippen LogP contribution is 2.26. The number of benzene rings is 1. The first-order valence-corrected chi connectivity index (χ1v) is 6.41. The second-order valence-corrected chi connectivity index (χ2v) is 4.72. The maximum absolute atomic E-state index is 5.92. The molecule has 0 aliphatic carbocycles. The van der Waals surface area contributed by atoms with Crippen LogP contribution in [0.4, 0.5) is 0 Å². The summed E-state index contributed by atoms with van der Waals surface area (Å²) in [5.74, 6) is 1.97. The van der Waals surface area contributed by atoms with Gasteiger partial charge in [-0.05, 0) is 44.5 Å². The molecule has 0 aliphatic heterocycles. The second kappa shape index (κ2) is 5.89. The lowest BCUT2D eigenvalue weighted by atomic mass is 9.91. The Hall–Kier alpha value is -1.81. The first-order chi connectivity index (χ1) is 9.15. The maximum Gasteiger partial charge on any atom is 0.137 e. The fourth-order valence-electron chi connectivity index (χ4n) is 2.27. The smallest absolute Gasteiger partial charge is 0.137 e. The van der Waals surface area contributed by atoms with Gasteiger partial charge in [0.2, 0.25) is 0 Å². The van der Waals surface area contributed by atoms with Crippen LogP contribution in [0.3, 0.4) is 0 Å². The van der Waals surface area contributed by atoms with Crippen molar-refractivity contribution in [2.75, 3.05) is 13.7 Å². The van der Waals surface area contributed by atoms with Gasteiger partial charge >= 0.3 is 0 Å². The van der Waals surface area contributed by atoms with Crippen LogP contribution in [0.1, 0.15) is 28.5 Å². The molecule has 4 heteroatoms. The molecule has 0 saturated heterocycles. The van der Waals surface area contributed by atoms with Gasteiger partial charge in [-0.1, -0.05) is 17.3 Å². The molecule has 19 heavy (non-hydrogen) atoms. The van der Waals surface area contributed by atoms with E-state index < -0.39 is 0 Å². The van der Waals surface area contributed by atoms with E-state index >= 15 is 0 Å². The van der Waals surface area contributed by atoms with Crippen molar-refractivity contribution in [3.8, 4) is 5.75 Å². The van der Waals surface area contributed by atoms with Gasteiger partial charge in [0.05, 0.1) is 12.8 Å². The molecule has 1 aromatic heterocycles. The highest BCUT2D eigenvalue weighted by atomic mass is 16.5. The average molecular weight is 260 g/mol. The molecular formula is C15H20N2O2. The zero-order chi connectivity index (χ0) is 13.8. The SMILES string of the molecule is COc1cccc(C(CN)Cc2c(C)noc2C)c1. The third-order valence-corrected chi connectivity index (χ3v) is 3.48. The topological polar surface area (TPSA) is 61.3 Å². The largest absolute Gasteiger partial charge is 0.497 e. The van der Waals surface area contributed by atoms with Crippen LogP contribution in [0.15, 0.2) is 28.8 Å². The molecule has 2 aromatic rings. The van der Waals surface area contributed by atoms with Gasteiger partial charge in [0.1, 0.15) is 11.5 Å². The molecule has 1 aromatic carbocycles. The summed E-state index contributed by atoms with van der Waals surface area (Å²) in [6.45, 7) is 4.48. The highest BCUT2D eigenvalue weighted by Gasteiger charge is 2.17. The van der Waals surface area contributed by atoms with Crippen LogP contribution in [-0.2, 0) is 6.42 Å². The normalized spacial score (nSPS) is 12.4. The van der Waals surface area contributed by atoms with E-state index in [-0.39, 0.29) is 5.92 Å². The van der Waals surface area contributed by atoms with Crippen LogP contribution in [0, 0.1) is 13.8 Å². The van der Waals surface area contributed by atoms with Gasteiger partial charge in [0.15, 0.2) is 0 Å². The summed E-state index contributed by atoms with van der Waals surface area (Å²) in [4.78, 5) is 0. The molecule has 1 unspecified atom stereocenters. The molecule has 1 heterocycles. The first kappa shape index (κ1) is 13.6. The van der Waals surface area contributed by atoms with Gasteiger partial charge in [-0.25, -0.2) is 0 Å². The summed E-state index contributed by atoms with van der Waals surface area (Å²) in [5.41, 5.74) is 9.20. The first-order valence-electron chi connectivity index (χ1n) is 6.41. The molecule has 2 rings (SSSR count). The van der Waals surface area contributed by atoms with Crippen LogP contribution in [0.2, 0.25) is 0 Å². The zero-order valence-electron chi connectivity index (χ0n) is 11.6. The van der Waals surface area contributed by atoms with E-state index in [0.29, 0.717) is 6.54 Å². The molecule has 2 N–H and O–H groups in total. The average Bonchev–Trinajstić information content (AvgIpc) is 2.75. The van der Waals surface area contributed by atoms with Crippen molar-refractivity contribution < 1.29 is 9.26 Å². The molecule has 0 radical (unpaired) electrons. The fourth-order valence-corrected chi connectivity index (χ4v) is 2.27. The van der Waals surface area contributed by atoms with Gasteiger partial charge in [0, 0.05) is 11.5 Å². The number of ether oxygens (including phenoxy) is 1. The van der Waals surface area contributed by atoms with Crippen molar-refractivity contribution in [1.29, 1.82) is 0 Å². The molecule has 0 saturated carbocycles. The van der Waals surface area contributed by atoms with Gasteiger partial charge in [0.25, 0.3) is 0 Å². The summed E-state index contributed by atoms with van der Waals surface area (Å²) >= 11 is 0. The molecule has 0 amide bonds. The number of hydrogen-bond acceptors (Lipinski definition) is 4. The van der Waals surface area contributed by atoms with Gasteiger partial charge in [-0.2, -0.15) is 0 Å². The Kier molecular flexibility index (Phi) is 4.22. The monoisotopic (exact) mass is 260 g/mol. The molecule has 0 fully saturated rings. The van der Waals surface area contributed by atoms with E-state index in [1.807, 2.05) is 32.0 Å². The van der Waals surface area contributed by atoms with E-state index in [1.165, 1.54) is 5.56 Å². The predicted octanol–water partition coefficient (Wildman–Crippen LogP) is 2.59. The van der Waals surface area contributed by atoms with Crippen LogP contribution < -0.4 is 10.5 Å². The number of aromatic nitrogens is 1. The van der Waals surface area contributed by atoms with E-state index in [2.05, 4.69) is 11.2 Å². The van der Waals surface area contributed by atoms with Crippen molar-refractivity contribution in [2.24, 2.45) is 5.73 Å². The van der Waals surface area contributed by atoms with E-state index in [0.717, 1.165) is 29.2 Å². The Labute approximate surface area is 113 Å². The van der Waals surface area contributed by atoms with Gasteiger partial charge in [-0.15, -0.1) is 0 Å². The number of nitrogens with two attached hydrogens (primary N) is 1. The van der Waals surface area contributed by atoms with E-state index in [4.69, 9.17) is 15.0 Å². The van der Waals surface area contributed by atoms with Crippen molar-refractivity contribution in [3.63, 3.8) is 0 Å². The number of rotatable bonds is 5. The Morgan fingerprint density at radius 2 is 2.16 bits per heavy atom. The molecule has 1 atom stereocenters. The summed E-state index contributed by atoms with van der Waals surface area (Å²) in [6.07, 6.45) is 0.838. The highest BCUT2D eigenvalue weighted by molar-refractivity contribution is 5.33. The summed E-state index contributed by atoms with van der Waals surface area (Å²) in [5, 5.41) is 3.99. The number of methoxy groups -OCH3 is 1. The lowest BCUT2D eigenvalue weighted by Crippen LogP contribution is -2.15. The maximum atomic E-state index is 5.92. The second-order valence-electron chi connectivity index (χ2n) is 4.72. The Bertz CT molecular complexity index is 529. The molecule has 0 aliphatic rings. The minimum Gasteiger partial charge on any atom is -0.497 e. The number of hydrogen-bond donors (Lipinski definition) is 1. The lowest BCUT2D eigenvalue weighted by Gasteiger charge is -2.16. The van der Waals surface area contributed by atoms with E-state index in [9.17, 15) is 0 Å². The van der Waals surface area contributed by atoms with Crippen molar-refractivity contribution in [3.05, 3.63) is 46.8 Å². The predicted molar refractivity (Wildman–Crippen MR) is 74.5 cm³/mol. The van der Waals surface area contributed by atoms with Crippen molar-refractivity contribution >= 4 is 0 Å². The molecule has 0 spiro atoms. The molecule has 102 valence electrons. The lowest BCUT2D eigenvalue weighted by molar-refractivity contribution is 0.392. The molecular weight excluding hydrogens is 240 g/mol. The Balaban J connectivity index is 2.25.